The van der Waals surface area contributed by atoms with Gasteiger partial charge in [-0.2, -0.15) is 23.4 Å². The number of hydrogen-bond donors (Lipinski definition) is 1. The molecule has 8 nitrogen and oxygen atoms in total. The van der Waals surface area contributed by atoms with Crippen molar-refractivity contribution in [2.45, 2.75) is 69.3 Å². The molecule has 0 radical (unpaired) electrons. The maximum Gasteiger partial charge on any atom is 0.396 e. The molecule has 0 spiro atoms. The average Bonchev–Trinajstić information content (AvgIpc) is 3.31. The molecule has 4 heterocycles. The van der Waals surface area contributed by atoms with Crippen LogP contribution in [0.1, 0.15) is 60.8 Å². The molecule has 12 heteroatoms. The third kappa shape index (κ3) is 4.84. The first kappa shape index (κ1) is 25.3. The van der Waals surface area contributed by atoms with Crippen LogP contribution in [0.3, 0.4) is 0 Å². The molecule has 2 aromatic rings. The SMILES string of the molecule is COC1(C)CN(c2nc(C(=O)Nc3cc(F)c(N4C5CCCC4CC5)c(C#N)c3)c(CC(F)(F)F)o2)C1. The van der Waals surface area contributed by atoms with Gasteiger partial charge in [0.2, 0.25) is 0 Å². The van der Waals surface area contributed by atoms with Crippen LogP contribution >= 0.6 is 0 Å². The van der Waals surface area contributed by atoms with Crippen LogP contribution in [0.4, 0.5) is 35.0 Å². The van der Waals surface area contributed by atoms with Gasteiger partial charge in [0.1, 0.15) is 29.7 Å². The molecule has 0 aliphatic carbocycles. The maximum atomic E-state index is 15.3. The Morgan fingerprint density at radius 3 is 2.54 bits per heavy atom. The Kier molecular flexibility index (Phi) is 6.30. The fraction of sp³-hybridized carbons (Fsp3) is 0.560. The second-order valence-electron chi connectivity index (χ2n) is 10.2. The zero-order chi connectivity index (χ0) is 26.5. The molecule has 5 rings (SSSR count). The first-order valence-electron chi connectivity index (χ1n) is 12.2. The van der Waals surface area contributed by atoms with Crippen LogP contribution in [-0.4, -0.2) is 55.0 Å². The number of halogens is 4. The smallest absolute Gasteiger partial charge is 0.396 e. The number of oxazole rings is 1. The second kappa shape index (κ2) is 9.20. The fourth-order valence-corrected chi connectivity index (χ4v) is 5.67. The van der Waals surface area contributed by atoms with E-state index in [-0.39, 0.29) is 35.0 Å². The Bertz CT molecular complexity index is 1230. The highest BCUT2D eigenvalue weighted by atomic mass is 19.4. The van der Waals surface area contributed by atoms with Crippen LogP contribution in [0.15, 0.2) is 16.5 Å². The molecule has 1 aromatic heterocycles. The van der Waals surface area contributed by atoms with Crippen molar-refractivity contribution in [2.75, 3.05) is 35.3 Å². The number of aromatic nitrogens is 1. The number of carbonyl (C=O) groups is 1. The van der Waals surface area contributed by atoms with Gasteiger partial charge >= 0.3 is 6.18 Å². The Hall–Kier alpha value is -3.33. The standard InChI is InChI=1S/C25H27F4N5O3/c1-24(36-2)12-33(13-24)23-32-20(19(37-23)10-25(27,28)29)22(35)31-15-8-14(11-30)21(18(26)9-15)34-16-4-3-5-17(34)7-6-16/h8-9,16-17H,3-7,10,12-13H2,1-2H3,(H,31,35). The minimum absolute atomic E-state index is 0.0504. The zero-order valence-corrected chi connectivity index (χ0v) is 20.5. The van der Waals surface area contributed by atoms with Crippen LogP contribution in [0, 0.1) is 17.1 Å². The van der Waals surface area contributed by atoms with Gasteiger partial charge in [0.05, 0.1) is 24.3 Å². The van der Waals surface area contributed by atoms with Gasteiger partial charge in [0.25, 0.3) is 11.9 Å². The lowest BCUT2D eigenvalue weighted by Crippen LogP contribution is -2.61. The Labute approximate surface area is 211 Å². The number of rotatable bonds is 6. The van der Waals surface area contributed by atoms with E-state index in [4.69, 9.17) is 9.15 Å². The van der Waals surface area contributed by atoms with E-state index in [1.54, 1.807) is 4.90 Å². The number of hydrogen-bond acceptors (Lipinski definition) is 7. The molecule has 2 unspecified atom stereocenters. The molecular weight excluding hydrogens is 494 g/mol. The molecule has 3 saturated heterocycles. The maximum absolute atomic E-state index is 15.3. The third-order valence-electron chi connectivity index (χ3n) is 7.47. The number of amides is 1. The van der Waals surface area contributed by atoms with Gasteiger partial charge in [-0.3, -0.25) is 4.79 Å². The van der Waals surface area contributed by atoms with E-state index >= 15 is 4.39 Å². The number of alkyl halides is 3. The molecule has 1 N–H and O–H groups in total. The molecule has 1 aromatic carbocycles. The van der Waals surface area contributed by atoms with Crippen LogP contribution in [0.5, 0.6) is 0 Å². The highest BCUT2D eigenvalue weighted by Gasteiger charge is 2.43. The summed E-state index contributed by atoms with van der Waals surface area (Å²) in [5.41, 5.74) is -0.818. The van der Waals surface area contributed by atoms with Gasteiger partial charge in [0.15, 0.2) is 5.69 Å². The number of ether oxygens (including phenoxy) is 1. The number of piperidine rings is 1. The second-order valence-corrected chi connectivity index (χ2v) is 10.2. The third-order valence-corrected chi connectivity index (χ3v) is 7.47. The molecule has 0 saturated carbocycles. The van der Waals surface area contributed by atoms with Crippen LogP contribution < -0.4 is 15.1 Å². The molecule has 3 aliphatic heterocycles. The normalized spacial score (nSPS) is 22.5. The van der Waals surface area contributed by atoms with Crippen LogP contribution in [0.25, 0.3) is 0 Å². The van der Waals surface area contributed by atoms with Gasteiger partial charge in [-0.15, -0.1) is 0 Å². The van der Waals surface area contributed by atoms with Gasteiger partial charge < -0.3 is 24.3 Å². The lowest BCUT2D eigenvalue weighted by atomic mass is 9.97. The topological polar surface area (TPSA) is 94.6 Å². The molecule has 1 amide bonds. The van der Waals surface area contributed by atoms with Gasteiger partial charge in [-0.25, -0.2) is 4.39 Å². The van der Waals surface area contributed by atoms with Crippen molar-refractivity contribution in [1.29, 1.82) is 5.26 Å². The highest BCUT2D eigenvalue weighted by molar-refractivity contribution is 6.04. The first-order valence-corrected chi connectivity index (χ1v) is 12.2. The number of benzene rings is 1. The van der Waals surface area contributed by atoms with Crippen molar-refractivity contribution in [3.8, 4) is 6.07 Å². The minimum Gasteiger partial charge on any atom is -0.427 e. The van der Waals surface area contributed by atoms with Gasteiger partial charge in [-0.05, 0) is 51.2 Å². The van der Waals surface area contributed by atoms with Crippen molar-refractivity contribution in [2.24, 2.45) is 0 Å². The monoisotopic (exact) mass is 521 g/mol. The van der Waals surface area contributed by atoms with E-state index < -0.39 is 41.4 Å². The number of nitrogens with one attached hydrogen (secondary N) is 1. The summed E-state index contributed by atoms with van der Waals surface area (Å²) in [5, 5.41) is 12.2. The lowest BCUT2D eigenvalue weighted by Gasteiger charge is -2.45. The van der Waals surface area contributed by atoms with Gasteiger partial charge in [0, 0.05) is 24.9 Å². The number of nitriles is 1. The summed E-state index contributed by atoms with van der Waals surface area (Å²) < 4.78 is 65.6. The molecule has 3 aliphatic rings. The summed E-state index contributed by atoms with van der Waals surface area (Å²) >= 11 is 0. The van der Waals surface area contributed by atoms with Crippen molar-refractivity contribution in [3.05, 3.63) is 35.0 Å². The summed E-state index contributed by atoms with van der Waals surface area (Å²) in [5.74, 6) is -2.30. The molecule has 2 atom stereocenters. The molecule has 198 valence electrons. The molecule has 3 fully saturated rings. The van der Waals surface area contributed by atoms with E-state index in [0.29, 0.717) is 13.1 Å². The summed E-state index contributed by atoms with van der Waals surface area (Å²) in [4.78, 5) is 20.6. The minimum atomic E-state index is -4.64. The molecule has 37 heavy (non-hydrogen) atoms. The Morgan fingerprint density at radius 1 is 1.27 bits per heavy atom. The highest BCUT2D eigenvalue weighted by Crippen LogP contribution is 2.42. The van der Waals surface area contributed by atoms with E-state index in [0.717, 1.165) is 38.2 Å². The van der Waals surface area contributed by atoms with Crippen molar-refractivity contribution in [1.82, 2.24) is 4.98 Å². The summed E-state index contributed by atoms with van der Waals surface area (Å²) in [6.07, 6.45) is -1.35. The Balaban J connectivity index is 1.41. The quantitative estimate of drug-likeness (QED) is 0.547. The predicted molar refractivity (Wildman–Crippen MR) is 126 cm³/mol. The summed E-state index contributed by atoms with van der Waals surface area (Å²) in [6, 6.07) is 4.65. The summed E-state index contributed by atoms with van der Waals surface area (Å²) in [6.45, 7) is 2.48. The van der Waals surface area contributed by atoms with Crippen molar-refractivity contribution in [3.63, 3.8) is 0 Å². The number of methoxy groups -OCH3 is 1. The van der Waals surface area contributed by atoms with E-state index in [1.165, 1.54) is 13.2 Å². The largest absolute Gasteiger partial charge is 0.427 e. The van der Waals surface area contributed by atoms with E-state index in [2.05, 4.69) is 10.3 Å². The number of carbonyl (C=O) groups excluding carboxylic acids is 1. The summed E-state index contributed by atoms with van der Waals surface area (Å²) in [7, 11) is 1.52. The van der Waals surface area contributed by atoms with E-state index in [1.807, 2.05) is 17.9 Å². The Morgan fingerprint density at radius 2 is 1.95 bits per heavy atom. The van der Waals surface area contributed by atoms with Crippen molar-refractivity contribution >= 4 is 23.3 Å². The van der Waals surface area contributed by atoms with Crippen LogP contribution in [-0.2, 0) is 11.2 Å². The fourth-order valence-electron chi connectivity index (χ4n) is 5.67. The van der Waals surface area contributed by atoms with Gasteiger partial charge in [-0.1, -0.05) is 0 Å². The molecule has 2 bridgehead atoms. The molecular formula is C25H27F4N5O3. The first-order chi connectivity index (χ1) is 17.5. The zero-order valence-electron chi connectivity index (χ0n) is 20.5. The number of anilines is 3. The van der Waals surface area contributed by atoms with Crippen molar-refractivity contribution < 1.29 is 31.5 Å². The average molecular weight is 522 g/mol. The lowest BCUT2D eigenvalue weighted by molar-refractivity contribution is -0.130. The number of fused-ring (bicyclic) bond motifs is 2. The van der Waals surface area contributed by atoms with Crippen LogP contribution in [0.2, 0.25) is 0 Å². The predicted octanol–water partition coefficient (Wildman–Crippen LogP) is 4.79. The number of nitrogens with zero attached hydrogens (tertiary/aromatic N) is 4. The van der Waals surface area contributed by atoms with E-state index in [9.17, 15) is 23.2 Å².